The van der Waals surface area contributed by atoms with Crippen molar-refractivity contribution in [3.8, 4) is 11.5 Å². The number of nitrogens with two attached hydrogens (primary N) is 2. The fraction of sp³-hybridized carbons (Fsp3) is 0.667. The van der Waals surface area contributed by atoms with Gasteiger partial charge < -0.3 is 41.0 Å². The highest BCUT2D eigenvalue weighted by molar-refractivity contribution is 5.77. The zero-order valence-electron chi connectivity index (χ0n) is 19.7. The minimum absolute atomic E-state index is 0.0627. The van der Waals surface area contributed by atoms with Crippen LogP contribution in [0.5, 0.6) is 11.5 Å². The first-order chi connectivity index (χ1) is 16.3. The molecule has 2 fully saturated rings. The van der Waals surface area contributed by atoms with E-state index < -0.39 is 12.2 Å². The number of benzene rings is 1. The topological polar surface area (TPSA) is 152 Å². The summed E-state index contributed by atoms with van der Waals surface area (Å²) in [6.07, 6.45) is 1.65. The third-order valence-corrected chi connectivity index (χ3v) is 6.63. The van der Waals surface area contributed by atoms with Crippen LogP contribution in [0.3, 0.4) is 0 Å². The van der Waals surface area contributed by atoms with Crippen LogP contribution in [0.1, 0.15) is 25.7 Å². The van der Waals surface area contributed by atoms with E-state index >= 15 is 0 Å². The zero-order valence-corrected chi connectivity index (χ0v) is 19.7. The number of β-amino-alcohol motifs (C(OH)–C–C–N with tert-alkyl or cyclic N) is 2. The summed E-state index contributed by atoms with van der Waals surface area (Å²) in [7, 11) is 0. The molecule has 0 aliphatic carbocycles. The number of likely N-dealkylation sites (tertiary alicyclic amines) is 2. The first-order valence-corrected chi connectivity index (χ1v) is 12.0. The van der Waals surface area contributed by atoms with Crippen molar-refractivity contribution in [2.75, 3.05) is 52.5 Å². The number of rotatable bonds is 12. The van der Waals surface area contributed by atoms with Crippen LogP contribution in [0, 0.1) is 11.8 Å². The molecule has 3 rings (SSSR count). The first kappa shape index (κ1) is 26.2. The van der Waals surface area contributed by atoms with Gasteiger partial charge in [-0.15, -0.1) is 0 Å². The third kappa shape index (κ3) is 8.43. The molecule has 0 radical (unpaired) electrons. The Labute approximate surface area is 200 Å². The molecule has 2 saturated heterocycles. The second kappa shape index (κ2) is 12.9. The Morgan fingerprint density at radius 2 is 1.09 bits per heavy atom. The molecule has 2 aliphatic heterocycles. The Balaban J connectivity index is 1.30. The van der Waals surface area contributed by atoms with Gasteiger partial charge in [0.25, 0.3) is 0 Å². The average molecular weight is 479 g/mol. The third-order valence-electron chi connectivity index (χ3n) is 6.63. The molecule has 0 saturated carbocycles. The summed E-state index contributed by atoms with van der Waals surface area (Å²) in [5.41, 5.74) is 10.7. The van der Waals surface area contributed by atoms with E-state index in [-0.39, 0.29) is 36.9 Å². The van der Waals surface area contributed by atoms with Gasteiger partial charge in [0.05, 0.1) is 0 Å². The van der Waals surface area contributed by atoms with E-state index in [1.54, 1.807) is 24.3 Å². The van der Waals surface area contributed by atoms with Gasteiger partial charge in [-0.05, 0) is 76.1 Å². The van der Waals surface area contributed by atoms with Gasteiger partial charge in [-0.25, -0.2) is 0 Å². The van der Waals surface area contributed by atoms with Crippen LogP contribution in [0.4, 0.5) is 0 Å². The van der Waals surface area contributed by atoms with Crippen molar-refractivity contribution in [2.45, 2.75) is 37.9 Å². The van der Waals surface area contributed by atoms with Crippen molar-refractivity contribution < 1.29 is 29.3 Å². The average Bonchev–Trinajstić information content (AvgIpc) is 2.83. The molecule has 0 aromatic heterocycles. The maximum atomic E-state index is 11.2. The normalized spacial score (nSPS) is 20.5. The van der Waals surface area contributed by atoms with Gasteiger partial charge in [0, 0.05) is 24.9 Å². The lowest BCUT2D eigenvalue weighted by molar-refractivity contribution is -0.124. The van der Waals surface area contributed by atoms with Crippen LogP contribution in [-0.2, 0) is 9.59 Å². The van der Waals surface area contributed by atoms with Crippen molar-refractivity contribution >= 4 is 11.8 Å². The number of primary amides is 2. The van der Waals surface area contributed by atoms with Crippen LogP contribution < -0.4 is 20.9 Å². The zero-order chi connectivity index (χ0) is 24.5. The molecule has 2 aliphatic rings. The van der Waals surface area contributed by atoms with Gasteiger partial charge in [-0.2, -0.15) is 0 Å². The second-order valence-corrected chi connectivity index (χ2v) is 9.36. The molecular formula is C24H38N4O6. The number of hydrogen-bond acceptors (Lipinski definition) is 8. The molecule has 0 spiro atoms. The number of carbonyl (C=O) groups is 2. The van der Waals surface area contributed by atoms with Crippen LogP contribution >= 0.6 is 0 Å². The van der Waals surface area contributed by atoms with Gasteiger partial charge in [0.15, 0.2) is 0 Å². The van der Waals surface area contributed by atoms with Crippen molar-refractivity contribution in [1.82, 2.24) is 9.80 Å². The van der Waals surface area contributed by atoms with E-state index in [2.05, 4.69) is 9.80 Å². The van der Waals surface area contributed by atoms with Crippen molar-refractivity contribution in [2.24, 2.45) is 23.3 Å². The monoisotopic (exact) mass is 478 g/mol. The molecule has 2 amide bonds. The van der Waals surface area contributed by atoms with E-state index in [1.807, 2.05) is 0 Å². The molecule has 1 aromatic carbocycles. The summed E-state index contributed by atoms with van der Waals surface area (Å²) in [6, 6.07) is 7.06. The Kier molecular flexibility index (Phi) is 9.94. The van der Waals surface area contributed by atoms with Crippen LogP contribution in [0.25, 0.3) is 0 Å². The minimum Gasteiger partial charge on any atom is -0.491 e. The predicted octanol–water partition coefficient (Wildman–Crippen LogP) is -0.439. The number of nitrogens with zero attached hydrogens (tertiary/aromatic N) is 2. The smallest absolute Gasteiger partial charge is 0.220 e. The largest absolute Gasteiger partial charge is 0.491 e. The lowest BCUT2D eigenvalue weighted by Gasteiger charge is -2.31. The van der Waals surface area contributed by atoms with E-state index in [9.17, 15) is 19.8 Å². The molecule has 10 heteroatoms. The second-order valence-electron chi connectivity index (χ2n) is 9.36. The number of ether oxygens (including phenoxy) is 2. The van der Waals surface area contributed by atoms with Gasteiger partial charge in [0.2, 0.25) is 11.8 Å². The summed E-state index contributed by atoms with van der Waals surface area (Å²) in [4.78, 5) is 26.7. The number of aliphatic hydroxyl groups is 2. The van der Waals surface area contributed by atoms with Gasteiger partial charge in [-0.1, -0.05) is 0 Å². The highest BCUT2D eigenvalue weighted by Crippen LogP contribution is 2.20. The summed E-state index contributed by atoms with van der Waals surface area (Å²) < 4.78 is 11.4. The SMILES string of the molecule is NC(=O)C1CCN(C[C@H](O)COc2ccc(OC[C@H](O)CN3CCC(C(N)=O)CC3)cc2)CC1. The summed E-state index contributed by atoms with van der Waals surface area (Å²) >= 11 is 0. The van der Waals surface area contributed by atoms with Crippen LogP contribution in [0.2, 0.25) is 0 Å². The Hall–Kier alpha value is -2.40. The van der Waals surface area contributed by atoms with Crippen molar-refractivity contribution in [3.63, 3.8) is 0 Å². The molecule has 2 heterocycles. The number of carbonyl (C=O) groups excluding carboxylic acids is 2. The maximum absolute atomic E-state index is 11.2. The Morgan fingerprint density at radius 1 is 0.765 bits per heavy atom. The first-order valence-electron chi connectivity index (χ1n) is 12.0. The Bertz CT molecular complexity index is 711. The van der Waals surface area contributed by atoms with Crippen LogP contribution in [-0.4, -0.2) is 96.5 Å². The summed E-state index contributed by atoms with van der Waals surface area (Å²) in [5, 5.41) is 20.6. The standard InChI is InChI=1S/C24H38N4O6/c25-23(31)17-5-9-27(10-6-17)13-19(29)15-33-21-1-2-22(4-3-21)34-16-20(30)14-28-11-7-18(8-12-28)24(26)32/h1-4,17-20,29-30H,5-16H2,(H2,25,31)(H2,26,32)/t19-,20+. The molecule has 0 bridgehead atoms. The van der Waals surface area contributed by atoms with Gasteiger partial charge >= 0.3 is 0 Å². The molecule has 10 nitrogen and oxygen atoms in total. The maximum Gasteiger partial charge on any atom is 0.220 e. The van der Waals surface area contributed by atoms with Gasteiger partial charge in [0.1, 0.15) is 36.9 Å². The number of piperidine rings is 2. The van der Waals surface area contributed by atoms with Crippen molar-refractivity contribution in [1.29, 1.82) is 0 Å². The number of amides is 2. The predicted molar refractivity (Wildman–Crippen MR) is 126 cm³/mol. The van der Waals surface area contributed by atoms with Crippen LogP contribution in [0.15, 0.2) is 24.3 Å². The molecule has 1 aromatic rings. The summed E-state index contributed by atoms with van der Waals surface area (Å²) in [5.74, 6) is 0.632. The van der Waals surface area contributed by atoms with Gasteiger partial charge in [-0.3, -0.25) is 9.59 Å². The molecule has 190 valence electrons. The minimum atomic E-state index is -0.635. The fourth-order valence-corrected chi connectivity index (χ4v) is 4.52. The number of aliphatic hydroxyl groups excluding tert-OH is 2. The van der Waals surface area contributed by atoms with Crippen molar-refractivity contribution in [3.05, 3.63) is 24.3 Å². The number of hydrogen-bond donors (Lipinski definition) is 4. The van der Waals surface area contributed by atoms with E-state index in [1.165, 1.54) is 0 Å². The molecule has 0 unspecified atom stereocenters. The molecule has 2 atom stereocenters. The Morgan fingerprint density at radius 3 is 1.38 bits per heavy atom. The molecule has 6 N–H and O–H groups in total. The highest BCUT2D eigenvalue weighted by atomic mass is 16.5. The van der Waals surface area contributed by atoms with E-state index in [0.717, 1.165) is 51.9 Å². The summed E-state index contributed by atoms with van der Waals surface area (Å²) in [6.45, 7) is 4.29. The quantitative estimate of drug-likeness (QED) is 0.316. The fourth-order valence-electron chi connectivity index (χ4n) is 4.52. The van der Waals surface area contributed by atoms with E-state index in [0.29, 0.717) is 24.6 Å². The lowest BCUT2D eigenvalue weighted by atomic mass is 9.96. The molecule has 34 heavy (non-hydrogen) atoms. The highest BCUT2D eigenvalue weighted by Gasteiger charge is 2.25. The van der Waals surface area contributed by atoms with E-state index in [4.69, 9.17) is 20.9 Å². The molecular weight excluding hydrogens is 440 g/mol. The lowest BCUT2D eigenvalue weighted by Crippen LogP contribution is -2.43.